The molecule has 3 aromatic rings. The minimum absolute atomic E-state index is 0.0189. The first kappa shape index (κ1) is 13.1. The van der Waals surface area contributed by atoms with Gasteiger partial charge in [0, 0.05) is 11.1 Å². The van der Waals surface area contributed by atoms with Gasteiger partial charge >= 0.3 is 0 Å². The summed E-state index contributed by atoms with van der Waals surface area (Å²) in [7, 11) is 0. The van der Waals surface area contributed by atoms with Crippen molar-refractivity contribution in [2.75, 3.05) is 4.90 Å². The summed E-state index contributed by atoms with van der Waals surface area (Å²) >= 11 is 0. The molecular weight excluding hydrogens is 266 g/mol. The van der Waals surface area contributed by atoms with Crippen molar-refractivity contribution in [3.05, 3.63) is 90.0 Å². The predicted molar refractivity (Wildman–Crippen MR) is 92.1 cm³/mol. The first-order valence-corrected chi connectivity index (χ1v) is 7.65. The van der Waals surface area contributed by atoms with E-state index in [0.717, 1.165) is 0 Å². The van der Waals surface area contributed by atoms with Crippen LogP contribution in [0.25, 0.3) is 0 Å². The summed E-state index contributed by atoms with van der Waals surface area (Å²) in [5, 5.41) is 0. The van der Waals surface area contributed by atoms with E-state index < -0.39 is 0 Å². The number of rotatable bonds is 1. The number of anilines is 3. The summed E-state index contributed by atoms with van der Waals surface area (Å²) < 4.78 is 0. The molecule has 0 fully saturated rings. The highest BCUT2D eigenvalue weighted by molar-refractivity contribution is 5.85. The zero-order valence-corrected chi connectivity index (χ0v) is 12.9. The van der Waals surface area contributed by atoms with Crippen molar-refractivity contribution in [2.24, 2.45) is 0 Å². The molecule has 0 aliphatic carbocycles. The van der Waals surface area contributed by atoms with Gasteiger partial charge in [-0.25, -0.2) is 0 Å². The van der Waals surface area contributed by atoms with E-state index >= 15 is 0 Å². The lowest BCUT2D eigenvalue weighted by Crippen LogP contribution is -2.30. The van der Waals surface area contributed by atoms with Gasteiger partial charge in [0.25, 0.3) is 0 Å². The van der Waals surface area contributed by atoms with Crippen LogP contribution in [0.4, 0.5) is 17.1 Å². The number of benzene rings is 3. The van der Waals surface area contributed by atoms with Crippen LogP contribution in [-0.2, 0) is 5.41 Å². The van der Waals surface area contributed by atoms with Crippen molar-refractivity contribution < 1.29 is 0 Å². The molecular formula is C21H18N. The third-order valence-corrected chi connectivity index (χ3v) is 4.59. The summed E-state index contributed by atoms with van der Waals surface area (Å²) in [6.07, 6.45) is 0. The molecule has 0 saturated heterocycles. The Morgan fingerprint density at radius 2 is 1.45 bits per heavy atom. The van der Waals surface area contributed by atoms with Crippen molar-refractivity contribution in [3.63, 3.8) is 0 Å². The molecule has 1 aliphatic rings. The summed E-state index contributed by atoms with van der Waals surface area (Å²) in [5.74, 6) is 0. The number of para-hydroxylation sites is 2. The molecule has 3 aromatic carbocycles. The van der Waals surface area contributed by atoms with Crippen LogP contribution < -0.4 is 4.90 Å². The smallest absolute Gasteiger partial charge is 0.0503 e. The van der Waals surface area contributed by atoms with Crippen molar-refractivity contribution in [1.82, 2.24) is 0 Å². The predicted octanol–water partition coefficient (Wildman–Crippen LogP) is 5.60. The van der Waals surface area contributed by atoms with E-state index in [9.17, 15) is 0 Å². The normalized spacial score (nSPS) is 15.1. The standard InChI is InChI=1S/C21H18N/c1-21(2)17-12-6-8-14-19(17)22(16-10-4-3-5-11-16)20-15-9-7-13-18(20)21/h3-6,8-15H,1-2H3. The maximum atomic E-state index is 3.25. The van der Waals surface area contributed by atoms with E-state index in [1.54, 1.807) is 0 Å². The molecule has 1 heterocycles. The lowest BCUT2D eigenvalue weighted by Gasteiger charge is -2.41. The first-order valence-electron chi connectivity index (χ1n) is 7.65. The first-order chi connectivity index (χ1) is 10.7. The third-order valence-electron chi connectivity index (χ3n) is 4.59. The van der Waals surface area contributed by atoms with Crippen molar-refractivity contribution in [3.8, 4) is 0 Å². The zero-order chi connectivity index (χ0) is 15.2. The van der Waals surface area contributed by atoms with Crippen molar-refractivity contribution in [2.45, 2.75) is 19.3 Å². The van der Waals surface area contributed by atoms with Crippen LogP contribution in [0.5, 0.6) is 0 Å². The summed E-state index contributed by atoms with van der Waals surface area (Å²) in [4.78, 5) is 2.35. The quantitative estimate of drug-likeness (QED) is 0.562. The molecule has 0 amide bonds. The van der Waals surface area contributed by atoms with Crippen LogP contribution >= 0.6 is 0 Å². The molecule has 4 rings (SSSR count). The fraction of sp³-hybridized carbons (Fsp3) is 0.143. The van der Waals surface area contributed by atoms with Gasteiger partial charge in [0.1, 0.15) is 0 Å². The van der Waals surface area contributed by atoms with Gasteiger partial charge in [-0.3, -0.25) is 0 Å². The minimum atomic E-state index is -0.0189. The van der Waals surface area contributed by atoms with Gasteiger partial charge in [-0.05, 0) is 47.5 Å². The lowest BCUT2D eigenvalue weighted by atomic mass is 9.73. The fourth-order valence-electron chi connectivity index (χ4n) is 3.45. The Kier molecular flexibility index (Phi) is 2.83. The molecule has 0 unspecified atom stereocenters. The minimum Gasteiger partial charge on any atom is -0.310 e. The molecule has 107 valence electrons. The Morgan fingerprint density at radius 1 is 0.773 bits per heavy atom. The Hall–Kier alpha value is -2.54. The largest absolute Gasteiger partial charge is 0.310 e. The van der Waals surface area contributed by atoms with Crippen LogP contribution in [0.15, 0.2) is 72.8 Å². The van der Waals surface area contributed by atoms with Crippen LogP contribution in [0.2, 0.25) is 0 Å². The Labute approximate surface area is 131 Å². The average molecular weight is 284 g/mol. The number of hydrogen-bond acceptors (Lipinski definition) is 1. The Bertz CT molecular complexity index is 769. The molecule has 1 aliphatic heterocycles. The molecule has 0 spiro atoms. The van der Waals surface area contributed by atoms with Gasteiger partial charge in [-0.15, -0.1) is 0 Å². The molecule has 0 bridgehead atoms. The molecule has 1 heteroatoms. The second kappa shape index (κ2) is 4.74. The molecule has 0 saturated carbocycles. The monoisotopic (exact) mass is 284 g/mol. The van der Waals surface area contributed by atoms with Crippen LogP contribution in [0.1, 0.15) is 25.0 Å². The highest BCUT2D eigenvalue weighted by atomic mass is 15.2. The topological polar surface area (TPSA) is 3.24 Å². The zero-order valence-electron chi connectivity index (χ0n) is 12.9. The fourth-order valence-corrected chi connectivity index (χ4v) is 3.45. The SMILES string of the molecule is CC1(C)c2c[c]ccc2N(c2ccccc2)c2ccccc21. The van der Waals surface area contributed by atoms with E-state index in [1.807, 2.05) is 6.07 Å². The summed E-state index contributed by atoms with van der Waals surface area (Å²) in [6, 6.07) is 28.8. The van der Waals surface area contributed by atoms with E-state index in [4.69, 9.17) is 0 Å². The number of fused-ring (bicyclic) bond motifs is 2. The van der Waals surface area contributed by atoms with Gasteiger partial charge in [0.2, 0.25) is 0 Å². The van der Waals surface area contributed by atoms with Gasteiger partial charge in [-0.1, -0.05) is 56.3 Å². The molecule has 0 aromatic heterocycles. The van der Waals surface area contributed by atoms with Gasteiger partial charge in [0.15, 0.2) is 0 Å². The van der Waals surface area contributed by atoms with Crippen LogP contribution in [0, 0.1) is 6.07 Å². The van der Waals surface area contributed by atoms with Gasteiger partial charge in [-0.2, -0.15) is 0 Å². The van der Waals surface area contributed by atoms with Crippen molar-refractivity contribution >= 4 is 17.1 Å². The molecule has 0 atom stereocenters. The summed E-state index contributed by atoms with van der Waals surface area (Å²) in [6.45, 7) is 4.58. The van der Waals surface area contributed by atoms with Crippen LogP contribution in [0.3, 0.4) is 0 Å². The number of hydrogen-bond donors (Lipinski definition) is 0. The third kappa shape index (κ3) is 1.79. The lowest BCUT2D eigenvalue weighted by molar-refractivity contribution is 0.632. The Morgan fingerprint density at radius 3 is 2.27 bits per heavy atom. The highest BCUT2D eigenvalue weighted by Gasteiger charge is 2.36. The van der Waals surface area contributed by atoms with E-state index in [-0.39, 0.29) is 5.41 Å². The van der Waals surface area contributed by atoms with Gasteiger partial charge in [0.05, 0.1) is 11.4 Å². The molecule has 0 N–H and O–H groups in total. The van der Waals surface area contributed by atoms with E-state index in [2.05, 4.69) is 91.5 Å². The van der Waals surface area contributed by atoms with Gasteiger partial charge < -0.3 is 4.90 Å². The molecule has 1 radical (unpaired) electrons. The molecule has 22 heavy (non-hydrogen) atoms. The second-order valence-electron chi connectivity index (χ2n) is 6.26. The Balaban J connectivity index is 2.05. The van der Waals surface area contributed by atoms with Crippen molar-refractivity contribution in [1.29, 1.82) is 0 Å². The van der Waals surface area contributed by atoms with E-state index in [0.29, 0.717) is 0 Å². The molecule has 1 nitrogen and oxygen atoms in total. The maximum Gasteiger partial charge on any atom is 0.0503 e. The van der Waals surface area contributed by atoms with E-state index in [1.165, 1.54) is 28.2 Å². The second-order valence-corrected chi connectivity index (χ2v) is 6.26. The average Bonchev–Trinajstić information content (AvgIpc) is 2.56. The summed E-state index contributed by atoms with van der Waals surface area (Å²) in [5.41, 5.74) is 6.35. The van der Waals surface area contributed by atoms with Crippen LogP contribution in [-0.4, -0.2) is 0 Å². The maximum absolute atomic E-state index is 3.25. The highest BCUT2D eigenvalue weighted by Crippen LogP contribution is 2.51. The number of nitrogens with zero attached hydrogens (tertiary/aromatic N) is 1.